The van der Waals surface area contributed by atoms with Crippen molar-refractivity contribution < 1.29 is 0 Å². The highest BCUT2D eigenvalue weighted by molar-refractivity contribution is 5.49. The van der Waals surface area contributed by atoms with Gasteiger partial charge in [-0.25, -0.2) is 9.97 Å². The number of fused-ring (bicyclic) bond motifs is 1. The van der Waals surface area contributed by atoms with Crippen LogP contribution in [0, 0.1) is 0 Å². The van der Waals surface area contributed by atoms with Crippen molar-refractivity contribution in [3.63, 3.8) is 0 Å². The molecule has 0 radical (unpaired) electrons. The van der Waals surface area contributed by atoms with E-state index in [2.05, 4.69) is 27.1 Å². The van der Waals surface area contributed by atoms with Gasteiger partial charge in [0.15, 0.2) is 0 Å². The van der Waals surface area contributed by atoms with Gasteiger partial charge >= 0.3 is 0 Å². The summed E-state index contributed by atoms with van der Waals surface area (Å²) in [4.78, 5) is 11.1. The van der Waals surface area contributed by atoms with Gasteiger partial charge < -0.3 is 10.2 Å². The number of anilines is 1. The summed E-state index contributed by atoms with van der Waals surface area (Å²) in [7, 11) is 4.06. The standard InChI is InChI=1S/C10H16N4/c1-4-9-12-8-6-11-5-7(8)10(13-9)14(2)3/h11H,4-6H2,1-3H3. The first-order chi connectivity index (χ1) is 6.72. The van der Waals surface area contributed by atoms with Gasteiger partial charge in [-0.15, -0.1) is 0 Å². The summed E-state index contributed by atoms with van der Waals surface area (Å²) in [6.07, 6.45) is 0.897. The maximum Gasteiger partial charge on any atom is 0.136 e. The molecular formula is C10H16N4. The third-order valence-corrected chi connectivity index (χ3v) is 2.45. The van der Waals surface area contributed by atoms with Crippen molar-refractivity contribution in [3.05, 3.63) is 17.1 Å². The molecule has 0 saturated heterocycles. The fraction of sp³-hybridized carbons (Fsp3) is 0.600. The van der Waals surface area contributed by atoms with Crippen molar-refractivity contribution in [3.8, 4) is 0 Å². The molecule has 1 aromatic heterocycles. The average molecular weight is 192 g/mol. The van der Waals surface area contributed by atoms with E-state index in [1.807, 2.05) is 14.1 Å². The van der Waals surface area contributed by atoms with Crippen LogP contribution >= 0.6 is 0 Å². The molecule has 0 aliphatic carbocycles. The summed E-state index contributed by atoms with van der Waals surface area (Å²) in [6.45, 7) is 3.86. The van der Waals surface area contributed by atoms with Crippen LogP contribution in [0.4, 0.5) is 5.82 Å². The minimum Gasteiger partial charge on any atom is -0.362 e. The highest BCUT2D eigenvalue weighted by Crippen LogP contribution is 2.22. The second kappa shape index (κ2) is 3.53. The molecule has 0 saturated carbocycles. The smallest absolute Gasteiger partial charge is 0.136 e. The molecule has 0 amide bonds. The van der Waals surface area contributed by atoms with Crippen molar-refractivity contribution in [2.24, 2.45) is 0 Å². The Morgan fingerprint density at radius 1 is 1.29 bits per heavy atom. The zero-order valence-electron chi connectivity index (χ0n) is 8.96. The Morgan fingerprint density at radius 2 is 2.07 bits per heavy atom. The second-order valence-electron chi connectivity index (χ2n) is 3.74. The van der Waals surface area contributed by atoms with E-state index in [1.54, 1.807) is 0 Å². The Balaban J connectivity index is 2.52. The van der Waals surface area contributed by atoms with Crippen LogP contribution in [0.5, 0.6) is 0 Å². The Labute approximate surface area is 84.4 Å². The fourth-order valence-corrected chi connectivity index (χ4v) is 1.73. The van der Waals surface area contributed by atoms with Crippen LogP contribution in [0.15, 0.2) is 0 Å². The largest absolute Gasteiger partial charge is 0.362 e. The maximum absolute atomic E-state index is 4.54. The summed E-state index contributed by atoms with van der Waals surface area (Å²) < 4.78 is 0. The van der Waals surface area contributed by atoms with Crippen molar-refractivity contribution in [1.82, 2.24) is 15.3 Å². The highest BCUT2D eigenvalue weighted by atomic mass is 15.2. The molecule has 0 unspecified atom stereocenters. The van der Waals surface area contributed by atoms with Crippen LogP contribution < -0.4 is 10.2 Å². The zero-order valence-corrected chi connectivity index (χ0v) is 8.96. The molecule has 1 aliphatic rings. The van der Waals surface area contributed by atoms with Gasteiger partial charge in [-0.05, 0) is 0 Å². The van der Waals surface area contributed by atoms with E-state index in [0.29, 0.717) is 0 Å². The van der Waals surface area contributed by atoms with E-state index in [0.717, 1.165) is 31.2 Å². The molecule has 4 heteroatoms. The number of aryl methyl sites for hydroxylation is 1. The Morgan fingerprint density at radius 3 is 2.71 bits per heavy atom. The van der Waals surface area contributed by atoms with Gasteiger partial charge in [0, 0.05) is 39.2 Å². The monoisotopic (exact) mass is 192 g/mol. The minimum absolute atomic E-state index is 0.881. The molecule has 2 heterocycles. The van der Waals surface area contributed by atoms with Crippen molar-refractivity contribution in [2.45, 2.75) is 26.4 Å². The molecule has 0 spiro atoms. The van der Waals surface area contributed by atoms with Crippen molar-refractivity contribution in [1.29, 1.82) is 0 Å². The predicted molar refractivity (Wildman–Crippen MR) is 56.3 cm³/mol. The lowest BCUT2D eigenvalue weighted by atomic mass is 10.2. The lowest BCUT2D eigenvalue weighted by Gasteiger charge is -2.15. The molecule has 4 nitrogen and oxygen atoms in total. The van der Waals surface area contributed by atoms with Crippen LogP contribution in [0.3, 0.4) is 0 Å². The van der Waals surface area contributed by atoms with Crippen LogP contribution in [0.2, 0.25) is 0 Å². The van der Waals surface area contributed by atoms with Crippen LogP contribution in [-0.4, -0.2) is 24.1 Å². The normalized spacial score (nSPS) is 14.2. The number of hydrogen-bond donors (Lipinski definition) is 1. The molecule has 0 bridgehead atoms. The Bertz CT molecular complexity index is 346. The zero-order chi connectivity index (χ0) is 10.1. The SMILES string of the molecule is CCc1nc2c(c(N(C)C)n1)CNC2. The number of rotatable bonds is 2. The predicted octanol–water partition coefficient (Wildman–Crippen LogP) is 0.708. The van der Waals surface area contributed by atoms with Gasteiger partial charge in [-0.3, -0.25) is 0 Å². The molecule has 1 N–H and O–H groups in total. The molecule has 14 heavy (non-hydrogen) atoms. The van der Waals surface area contributed by atoms with Crippen LogP contribution in [0.1, 0.15) is 24.0 Å². The first kappa shape index (κ1) is 9.40. The first-order valence-corrected chi connectivity index (χ1v) is 4.99. The fourth-order valence-electron chi connectivity index (χ4n) is 1.73. The van der Waals surface area contributed by atoms with Crippen LogP contribution in [0.25, 0.3) is 0 Å². The van der Waals surface area contributed by atoms with Crippen molar-refractivity contribution in [2.75, 3.05) is 19.0 Å². The lowest BCUT2D eigenvalue weighted by molar-refractivity contribution is 0.755. The second-order valence-corrected chi connectivity index (χ2v) is 3.74. The van der Waals surface area contributed by atoms with E-state index < -0.39 is 0 Å². The van der Waals surface area contributed by atoms with E-state index in [1.165, 1.54) is 11.3 Å². The Kier molecular flexibility index (Phi) is 2.37. The average Bonchev–Trinajstić information content (AvgIpc) is 2.63. The first-order valence-electron chi connectivity index (χ1n) is 4.99. The number of nitrogens with one attached hydrogen (secondary N) is 1. The third-order valence-electron chi connectivity index (χ3n) is 2.45. The van der Waals surface area contributed by atoms with Gasteiger partial charge in [0.25, 0.3) is 0 Å². The number of hydrogen-bond acceptors (Lipinski definition) is 4. The molecule has 0 fully saturated rings. The molecule has 2 rings (SSSR count). The lowest BCUT2D eigenvalue weighted by Crippen LogP contribution is -2.15. The maximum atomic E-state index is 4.54. The summed E-state index contributed by atoms with van der Waals surface area (Å²) in [5.41, 5.74) is 2.42. The highest BCUT2D eigenvalue weighted by Gasteiger charge is 2.19. The van der Waals surface area contributed by atoms with Gasteiger partial charge in [0.05, 0.1) is 5.69 Å². The molecule has 0 aromatic carbocycles. The third kappa shape index (κ3) is 1.46. The minimum atomic E-state index is 0.881. The van der Waals surface area contributed by atoms with Gasteiger partial charge in [0.2, 0.25) is 0 Å². The van der Waals surface area contributed by atoms with Gasteiger partial charge in [-0.1, -0.05) is 6.92 Å². The summed E-state index contributed by atoms with van der Waals surface area (Å²) >= 11 is 0. The summed E-state index contributed by atoms with van der Waals surface area (Å²) in [5, 5.41) is 3.31. The molecule has 76 valence electrons. The molecular weight excluding hydrogens is 176 g/mol. The Hall–Kier alpha value is -1.16. The summed E-state index contributed by atoms with van der Waals surface area (Å²) in [5.74, 6) is 2.01. The topological polar surface area (TPSA) is 41.1 Å². The molecule has 1 aliphatic heterocycles. The van der Waals surface area contributed by atoms with Gasteiger partial charge in [0.1, 0.15) is 11.6 Å². The van der Waals surface area contributed by atoms with Gasteiger partial charge in [-0.2, -0.15) is 0 Å². The van der Waals surface area contributed by atoms with E-state index in [4.69, 9.17) is 0 Å². The molecule has 1 aromatic rings. The van der Waals surface area contributed by atoms with E-state index in [9.17, 15) is 0 Å². The number of aromatic nitrogens is 2. The summed E-state index contributed by atoms with van der Waals surface area (Å²) in [6, 6.07) is 0. The van der Waals surface area contributed by atoms with E-state index in [-0.39, 0.29) is 0 Å². The van der Waals surface area contributed by atoms with Crippen molar-refractivity contribution >= 4 is 5.82 Å². The quantitative estimate of drug-likeness (QED) is 0.749. The number of nitrogens with zero attached hydrogens (tertiary/aromatic N) is 3. The molecule has 0 atom stereocenters. The van der Waals surface area contributed by atoms with E-state index >= 15 is 0 Å². The van der Waals surface area contributed by atoms with Crippen LogP contribution in [-0.2, 0) is 19.5 Å².